The summed E-state index contributed by atoms with van der Waals surface area (Å²) in [7, 11) is 0. The van der Waals surface area contributed by atoms with Gasteiger partial charge in [0.05, 0.1) is 6.10 Å². The van der Waals surface area contributed by atoms with Gasteiger partial charge in [-0.15, -0.1) is 0 Å². The number of hydrogen-bond donors (Lipinski definition) is 1. The first-order valence-electron chi connectivity index (χ1n) is 5.41. The lowest BCUT2D eigenvalue weighted by Crippen LogP contribution is -2.09. The van der Waals surface area contributed by atoms with Crippen LogP contribution in [0.2, 0.25) is 0 Å². The van der Waals surface area contributed by atoms with E-state index in [1.807, 2.05) is 19.1 Å². The molecule has 0 amide bonds. The van der Waals surface area contributed by atoms with Crippen LogP contribution in [0.5, 0.6) is 0 Å². The minimum Gasteiger partial charge on any atom is -0.388 e. The highest BCUT2D eigenvalue weighted by Crippen LogP contribution is 2.31. The van der Waals surface area contributed by atoms with Crippen LogP contribution in [0.1, 0.15) is 23.7 Å². The van der Waals surface area contributed by atoms with Gasteiger partial charge in [-0.3, -0.25) is 0 Å². The van der Waals surface area contributed by atoms with Gasteiger partial charge in [0.1, 0.15) is 6.61 Å². The van der Waals surface area contributed by atoms with Gasteiger partial charge >= 0.3 is 0 Å². The SMILES string of the molecule is Cc1cc(Br)c(C(O)CCOCC(F)F)cc1Br. The second-order valence-corrected chi connectivity index (χ2v) is 5.60. The summed E-state index contributed by atoms with van der Waals surface area (Å²) >= 11 is 6.76. The first kappa shape index (κ1) is 16.0. The summed E-state index contributed by atoms with van der Waals surface area (Å²) in [6.07, 6.45) is -2.93. The molecule has 18 heavy (non-hydrogen) atoms. The Morgan fingerprint density at radius 3 is 2.56 bits per heavy atom. The lowest BCUT2D eigenvalue weighted by Gasteiger charge is -2.14. The van der Waals surface area contributed by atoms with Crippen LogP contribution in [0.25, 0.3) is 0 Å². The van der Waals surface area contributed by atoms with Crippen LogP contribution in [0.15, 0.2) is 21.1 Å². The number of halogens is 4. The normalized spacial score (nSPS) is 13.1. The maximum Gasteiger partial charge on any atom is 0.261 e. The number of aryl methyl sites for hydroxylation is 1. The first-order valence-corrected chi connectivity index (χ1v) is 7.00. The lowest BCUT2D eigenvalue weighted by atomic mass is 10.1. The third kappa shape index (κ3) is 4.91. The number of hydrogen-bond acceptors (Lipinski definition) is 2. The molecular formula is C12H14Br2F2O2. The molecule has 2 nitrogen and oxygen atoms in total. The van der Waals surface area contributed by atoms with Gasteiger partial charge in [0.25, 0.3) is 6.43 Å². The van der Waals surface area contributed by atoms with E-state index in [1.165, 1.54) is 0 Å². The zero-order valence-electron chi connectivity index (χ0n) is 9.80. The average molecular weight is 388 g/mol. The molecule has 0 spiro atoms. The van der Waals surface area contributed by atoms with Crippen LogP contribution in [0.3, 0.4) is 0 Å². The van der Waals surface area contributed by atoms with Crippen molar-refractivity contribution in [2.45, 2.75) is 25.9 Å². The molecule has 0 aliphatic rings. The molecule has 0 fully saturated rings. The summed E-state index contributed by atoms with van der Waals surface area (Å²) in [5, 5.41) is 9.96. The average Bonchev–Trinajstić information content (AvgIpc) is 2.28. The van der Waals surface area contributed by atoms with Gasteiger partial charge in [-0.25, -0.2) is 8.78 Å². The molecule has 6 heteroatoms. The van der Waals surface area contributed by atoms with E-state index < -0.39 is 19.1 Å². The predicted octanol–water partition coefficient (Wildman–Crippen LogP) is 4.23. The van der Waals surface area contributed by atoms with E-state index in [1.54, 1.807) is 0 Å². The highest BCUT2D eigenvalue weighted by molar-refractivity contribution is 9.11. The Kier molecular flexibility index (Phi) is 6.70. The maximum atomic E-state index is 11.8. The van der Waals surface area contributed by atoms with Gasteiger partial charge in [0.15, 0.2) is 0 Å². The van der Waals surface area contributed by atoms with E-state index in [0.717, 1.165) is 14.5 Å². The zero-order chi connectivity index (χ0) is 13.7. The number of benzene rings is 1. The minimum atomic E-state index is -2.47. The number of alkyl halides is 2. The van der Waals surface area contributed by atoms with Gasteiger partial charge in [-0.1, -0.05) is 31.9 Å². The van der Waals surface area contributed by atoms with Crippen molar-refractivity contribution in [2.24, 2.45) is 0 Å². The monoisotopic (exact) mass is 386 g/mol. The van der Waals surface area contributed by atoms with Crippen molar-refractivity contribution in [3.8, 4) is 0 Å². The van der Waals surface area contributed by atoms with Crippen molar-refractivity contribution in [2.75, 3.05) is 13.2 Å². The molecule has 1 aromatic rings. The predicted molar refractivity (Wildman–Crippen MR) is 73.0 cm³/mol. The summed E-state index contributed by atoms with van der Waals surface area (Å²) in [6.45, 7) is 1.45. The highest BCUT2D eigenvalue weighted by atomic mass is 79.9. The Hall–Kier alpha value is -0.0400. The molecule has 0 bridgehead atoms. The molecule has 1 rings (SSSR count). The van der Waals surface area contributed by atoms with Crippen molar-refractivity contribution < 1.29 is 18.6 Å². The van der Waals surface area contributed by atoms with E-state index in [-0.39, 0.29) is 13.0 Å². The van der Waals surface area contributed by atoms with E-state index in [0.29, 0.717) is 5.56 Å². The second-order valence-electron chi connectivity index (χ2n) is 3.89. The Labute approximate surface area is 122 Å². The van der Waals surface area contributed by atoms with E-state index in [4.69, 9.17) is 4.74 Å². The van der Waals surface area contributed by atoms with E-state index in [2.05, 4.69) is 31.9 Å². The standard InChI is InChI=1S/C12H14Br2F2O2/c1-7-4-10(14)8(5-9(7)13)11(17)2-3-18-6-12(15)16/h4-5,11-12,17H,2-3,6H2,1H3. The van der Waals surface area contributed by atoms with E-state index >= 15 is 0 Å². The zero-order valence-corrected chi connectivity index (χ0v) is 13.0. The molecule has 0 radical (unpaired) electrons. The van der Waals surface area contributed by atoms with Gasteiger partial charge in [-0.2, -0.15) is 0 Å². The molecule has 1 unspecified atom stereocenters. The summed E-state index contributed by atoms with van der Waals surface area (Å²) in [5.41, 5.74) is 1.76. The molecule has 0 aromatic heterocycles. The molecule has 1 atom stereocenters. The highest BCUT2D eigenvalue weighted by Gasteiger charge is 2.13. The molecule has 0 saturated carbocycles. The van der Waals surface area contributed by atoms with E-state index in [9.17, 15) is 13.9 Å². The van der Waals surface area contributed by atoms with Crippen LogP contribution >= 0.6 is 31.9 Å². The third-order valence-corrected chi connectivity index (χ3v) is 3.96. The quantitative estimate of drug-likeness (QED) is 0.740. The number of aliphatic hydroxyl groups is 1. The molecule has 0 aliphatic carbocycles. The number of aliphatic hydroxyl groups excluding tert-OH is 1. The molecule has 0 heterocycles. The van der Waals surface area contributed by atoms with Crippen LogP contribution in [0.4, 0.5) is 8.78 Å². The Bertz CT molecular complexity index is 400. The van der Waals surface area contributed by atoms with Crippen LogP contribution in [-0.4, -0.2) is 24.7 Å². The molecule has 0 saturated heterocycles. The summed E-state index contributed by atoms with van der Waals surface area (Å²) in [5.74, 6) is 0. The third-order valence-electron chi connectivity index (χ3n) is 2.42. The minimum absolute atomic E-state index is 0.101. The van der Waals surface area contributed by atoms with Crippen LogP contribution in [0, 0.1) is 6.92 Å². The number of ether oxygens (including phenoxy) is 1. The van der Waals surface area contributed by atoms with Crippen molar-refractivity contribution >= 4 is 31.9 Å². The lowest BCUT2D eigenvalue weighted by molar-refractivity contribution is 0.00474. The first-order chi connectivity index (χ1) is 8.41. The fraction of sp³-hybridized carbons (Fsp3) is 0.500. The summed E-state index contributed by atoms with van der Waals surface area (Å²) in [4.78, 5) is 0. The smallest absolute Gasteiger partial charge is 0.261 e. The van der Waals surface area contributed by atoms with Crippen molar-refractivity contribution in [1.82, 2.24) is 0 Å². The fourth-order valence-corrected chi connectivity index (χ4v) is 2.52. The van der Waals surface area contributed by atoms with Gasteiger partial charge < -0.3 is 9.84 Å². The molecular weight excluding hydrogens is 374 g/mol. The van der Waals surface area contributed by atoms with Gasteiger partial charge in [0, 0.05) is 22.0 Å². The van der Waals surface area contributed by atoms with Crippen molar-refractivity contribution in [3.05, 3.63) is 32.2 Å². The Morgan fingerprint density at radius 1 is 1.28 bits per heavy atom. The van der Waals surface area contributed by atoms with Crippen LogP contribution in [-0.2, 0) is 4.74 Å². The van der Waals surface area contributed by atoms with Crippen molar-refractivity contribution in [1.29, 1.82) is 0 Å². The Morgan fingerprint density at radius 2 is 1.94 bits per heavy atom. The van der Waals surface area contributed by atoms with Gasteiger partial charge in [0.2, 0.25) is 0 Å². The molecule has 102 valence electrons. The topological polar surface area (TPSA) is 29.5 Å². The van der Waals surface area contributed by atoms with Crippen LogP contribution < -0.4 is 0 Å². The van der Waals surface area contributed by atoms with Crippen molar-refractivity contribution in [3.63, 3.8) is 0 Å². The molecule has 1 N–H and O–H groups in total. The summed E-state index contributed by atoms with van der Waals surface area (Å²) < 4.78 is 30.1. The molecule has 1 aromatic carbocycles. The molecule has 0 aliphatic heterocycles. The van der Waals surface area contributed by atoms with Gasteiger partial charge in [-0.05, 0) is 30.2 Å². The number of rotatable bonds is 6. The maximum absolute atomic E-state index is 11.8. The fourth-order valence-electron chi connectivity index (χ4n) is 1.44. The summed E-state index contributed by atoms with van der Waals surface area (Å²) in [6, 6.07) is 3.71. The largest absolute Gasteiger partial charge is 0.388 e. The second kappa shape index (κ2) is 7.53. The Balaban J connectivity index is 2.56.